The molecule has 0 aliphatic carbocycles. The topological polar surface area (TPSA) is 46.8 Å². The van der Waals surface area contributed by atoms with Crippen molar-refractivity contribution in [3.8, 4) is 5.75 Å². The maximum atomic E-state index is 13.1. The number of amides is 1. The summed E-state index contributed by atoms with van der Waals surface area (Å²) in [5, 5.41) is 0.596. The summed E-state index contributed by atoms with van der Waals surface area (Å²) >= 11 is 6.01. The van der Waals surface area contributed by atoms with Crippen molar-refractivity contribution in [3.63, 3.8) is 0 Å². The van der Waals surface area contributed by atoms with Crippen LogP contribution >= 0.6 is 11.6 Å². The first-order chi connectivity index (χ1) is 11.1. The van der Waals surface area contributed by atoms with E-state index in [2.05, 4.69) is 4.98 Å². The lowest BCUT2D eigenvalue weighted by Gasteiger charge is -2.29. The van der Waals surface area contributed by atoms with Crippen LogP contribution in [0.1, 0.15) is 16.2 Å². The van der Waals surface area contributed by atoms with Gasteiger partial charge < -0.3 is 9.64 Å². The van der Waals surface area contributed by atoms with E-state index in [0.29, 0.717) is 35.2 Å². The number of nitrogens with zero attached hydrogens (tertiary/aromatic N) is 3. The van der Waals surface area contributed by atoms with Crippen molar-refractivity contribution >= 4 is 28.8 Å². The van der Waals surface area contributed by atoms with Gasteiger partial charge in [-0.1, -0.05) is 23.7 Å². The summed E-state index contributed by atoms with van der Waals surface area (Å²) < 4.78 is 7.40. The predicted molar refractivity (Wildman–Crippen MR) is 88.6 cm³/mol. The van der Waals surface area contributed by atoms with Crippen molar-refractivity contribution in [1.29, 1.82) is 0 Å². The molecule has 5 nitrogen and oxygen atoms in total. The molecule has 0 N–H and O–H groups in total. The number of anilines is 1. The maximum Gasteiger partial charge on any atom is 0.277 e. The quantitative estimate of drug-likeness (QED) is 0.688. The van der Waals surface area contributed by atoms with Gasteiger partial charge >= 0.3 is 0 Å². The molecule has 0 radical (unpaired) electrons. The summed E-state index contributed by atoms with van der Waals surface area (Å²) in [6.45, 7) is 2.82. The standard InChI is InChI=1S/C17H14ClN3O2/c1-11-16(21-7-6-12(18)10-15(21)19-11)17(22)20-8-9-23-14-5-3-2-4-13(14)20/h2-7,10H,8-9H2,1H3. The second kappa shape index (κ2) is 5.28. The molecule has 1 aromatic carbocycles. The van der Waals surface area contributed by atoms with E-state index in [4.69, 9.17) is 16.3 Å². The molecule has 3 heterocycles. The fourth-order valence-corrected chi connectivity index (χ4v) is 3.06. The van der Waals surface area contributed by atoms with Crippen LogP contribution in [0.5, 0.6) is 5.75 Å². The Balaban J connectivity index is 1.83. The number of imidazole rings is 1. The Morgan fingerprint density at radius 3 is 3.00 bits per heavy atom. The minimum Gasteiger partial charge on any atom is -0.490 e. The van der Waals surface area contributed by atoms with Gasteiger partial charge in [0, 0.05) is 17.3 Å². The molecule has 2 aromatic heterocycles. The van der Waals surface area contributed by atoms with E-state index in [9.17, 15) is 4.79 Å². The van der Waals surface area contributed by atoms with Gasteiger partial charge in [-0.05, 0) is 25.1 Å². The number of hydrogen-bond donors (Lipinski definition) is 0. The smallest absolute Gasteiger partial charge is 0.277 e. The number of ether oxygens (including phenoxy) is 1. The molecule has 0 fully saturated rings. The zero-order valence-electron chi connectivity index (χ0n) is 12.5. The number of aryl methyl sites for hydroxylation is 1. The molecule has 116 valence electrons. The highest BCUT2D eigenvalue weighted by atomic mass is 35.5. The van der Waals surface area contributed by atoms with Crippen molar-refractivity contribution in [2.75, 3.05) is 18.1 Å². The number of rotatable bonds is 1. The Morgan fingerprint density at radius 1 is 1.30 bits per heavy atom. The van der Waals surface area contributed by atoms with E-state index in [1.165, 1.54) is 0 Å². The van der Waals surface area contributed by atoms with E-state index >= 15 is 0 Å². The molecular formula is C17H14ClN3O2. The first-order valence-corrected chi connectivity index (χ1v) is 7.71. The van der Waals surface area contributed by atoms with Crippen LogP contribution in [0, 0.1) is 6.92 Å². The third-order valence-electron chi connectivity index (χ3n) is 3.94. The monoisotopic (exact) mass is 327 g/mol. The summed E-state index contributed by atoms with van der Waals surface area (Å²) in [5.74, 6) is 0.634. The lowest BCUT2D eigenvalue weighted by molar-refractivity contribution is 0.0970. The average Bonchev–Trinajstić information content (AvgIpc) is 2.88. The van der Waals surface area contributed by atoms with Gasteiger partial charge in [-0.2, -0.15) is 0 Å². The minimum absolute atomic E-state index is 0.0897. The van der Waals surface area contributed by atoms with Crippen LogP contribution in [0.3, 0.4) is 0 Å². The van der Waals surface area contributed by atoms with Crippen LogP contribution in [0.15, 0.2) is 42.6 Å². The molecule has 0 spiro atoms. The molecule has 0 saturated heterocycles. The normalized spacial score (nSPS) is 13.7. The van der Waals surface area contributed by atoms with Gasteiger partial charge in [-0.15, -0.1) is 0 Å². The molecule has 1 aliphatic heterocycles. The average molecular weight is 328 g/mol. The molecule has 6 heteroatoms. The second-order valence-electron chi connectivity index (χ2n) is 5.39. The van der Waals surface area contributed by atoms with E-state index in [0.717, 1.165) is 11.4 Å². The lowest BCUT2D eigenvalue weighted by Crippen LogP contribution is -2.38. The molecule has 0 atom stereocenters. The molecule has 3 aromatic rings. The minimum atomic E-state index is -0.0897. The summed E-state index contributed by atoms with van der Waals surface area (Å²) in [6.07, 6.45) is 1.78. The van der Waals surface area contributed by atoms with E-state index < -0.39 is 0 Å². The number of halogens is 1. The Bertz CT molecular complexity index is 919. The van der Waals surface area contributed by atoms with E-state index in [-0.39, 0.29) is 5.91 Å². The molecule has 4 rings (SSSR count). The number of para-hydroxylation sites is 2. The molecule has 1 aliphatic rings. The van der Waals surface area contributed by atoms with Crippen LogP contribution in [0.25, 0.3) is 5.65 Å². The van der Waals surface area contributed by atoms with E-state index in [1.807, 2.05) is 31.2 Å². The van der Waals surface area contributed by atoms with Crippen LogP contribution in [0.4, 0.5) is 5.69 Å². The second-order valence-corrected chi connectivity index (χ2v) is 5.83. The zero-order valence-corrected chi connectivity index (χ0v) is 13.2. The first kappa shape index (κ1) is 14.1. The lowest BCUT2D eigenvalue weighted by atomic mass is 10.2. The Morgan fingerprint density at radius 2 is 2.13 bits per heavy atom. The summed E-state index contributed by atoms with van der Waals surface area (Å²) in [4.78, 5) is 19.3. The van der Waals surface area contributed by atoms with Gasteiger partial charge in [0.25, 0.3) is 5.91 Å². The summed E-state index contributed by atoms with van der Waals surface area (Å²) in [5.41, 5.74) is 2.68. The number of hydrogen-bond acceptors (Lipinski definition) is 3. The van der Waals surface area contributed by atoms with Gasteiger partial charge in [-0.3, -0.25) is 9.20 Å². The highest BCUT2D eigenvalue weighted by molar-refractivity contribution is 6.30. The number of pyridine rings is 1. The number of fused-ring (bicyclic) bond motifs is 2. The summed E-state index contributed by atoms with van der Waals surface area (Å²) in [6, 6.07) is 11.1. The van der Waals surface area contributed by atoms with Gasteiger partial charge in [-0.25, -0.2) is 4.98 Å². The van der Waals surface area contributed by atoms with Crippen molar-refractivity contribution in [2.45, 2.75) is 6.92 Å². The van der Waals surface area contributed by atoms with Gasteiger partial charge in [0.05, 0.1) is 17.9 Å². The molecule has 0 unspecified atom stereocenters. The number of aromatic nitrogens is 2. The Kier molecular flexibility index (Phi) is 3.23. The fourth-order valence-electron chi connectivity index (χ4n) is 2.90. The largest absolute Gasteiger partial charge is 0.490 e. The van der Waals surface area contributed by atoms with Gasteiger partial charge in [0.15, 0.2) is 0 Å². The SMILES string of the molecule is Cc1nc2cc(Cl)ccn2c1C(=O)N1CCOc2ccccc21. The maximum absolute atomic E-state index is 13.1. The number of benzene rings is 1. The number of carbonyl (C=O) groups excluding carboxylic acids is 1. The zero-order chi connectivity index (χ0) is 16.0. The van der Waals surface area contributed by atoms with Crippen molar-refractivity contribution in [1.82, 2.24) is 9.38 Å². The fraction of sp³-hybridized carbons (Fsp3) is 0.176. The van der Waals surface area contributed by atoms with Crippen LogP contribution < -0.4 is 9.64 Å². The molecule has 23 heavy (non-hydrogen) atoms. The van der Waals surface area contributed by atoms with Crippen LogP contribution in [0.2, 0.25) is 5.02 Å². The van der Waals surface area contributed by atoms with E-state index in [1.54, 1.807) is 27.6 Å². The third kappa shape index (κ3) is 2.24. The molecule has 0 saturated carbocycles. The number of carbonyl (C=O) groups is 1. The van der Waals surface area contributed by atoms with Crippen molar-refractivity contribution < 1.29 is 9.53 Å². The van der Waals surface area contributed by atoms with Crippen molar-refractivity contribution in [3.05, 3.63) is 59.0 Å². The van der Waals surface area contributed by atoms with Crippen LogP contribution in [-0.2, 0) is 0 Å². The van der Waals surface area contributed by atoms with Crippen molar-refractivity contribution in [2.24, 2.45) is 0 Å². The highest BCUT2D eigenvalue weighted by Gasteiger charge is 2.28. The van der Waals surface area contributed by atoms with Crippen LogP contribution in [-0.4, -0.2) is 28.4 Å². The molecular weight excluding hydrogens is 314 g/mol. The molecule has 0 bridgehead atoms. The Hall–Kier alpha value is -2.53. The molecule has 1 amide bonds. The third-order valence-corrected chi connectivity index (χ3v) is 4.17. The summed E-state index contributed by atoms with van der Waals surface area (Å²) in [7, 11) is 0. The van der Waals surface area contributed by atoms with Gasteiger partial charge in [0.2, 0.25) is 0 Å². The first-order valence-electron chi connectivity index (χ1n) is 7.33. The highest BCUT2D eigenvalue weighted by Crippen LogP contribution is 2.32. The van der Waals surface area contributed by atoms with Gasteiger partial charge in [0.1, 0.15) is 23.7 Å². The predicted octanol–water partition coefficient (Wildman–Crippen LogP) is 3.34. The Labute approximate surface area is 138 Å².